The number of piperidine rings is 1. The number of imidazole rings is 1. The van der Waals surface area contributed by atoms with Crippen molar-refractivity contribution < 1.29 is 14.0 Å². The minimum Gasteiger partial charge on any atom is -0.444 e. The number of carbonyl (C=O) groups excluding carboxylic acids is 2. The van der Waals surface area contributed by atoms with Crippen LogP contribution in [0.1, 0.15) is 49.0 Å². The maximum atomic E-state index is 12.9. The average molecular weight is 359 g/mol. The van der Waals surface area contributed by atoms with E-state index in [4.69, 9.17) is 4.42 Å². The summed E-state index contributed by atoms with van der Waals surface area (Å²) in [6, 6.07) is -0.377. The van der Waals surface area contributed by atoms with Gasteiger partial charge in [0.2, 0.25) is 11.8 Å². The lowest BCUT2D eigenvalue weighted by Crippen LogP contribution is -2.47. The van der Waals surface area contributed by atoms with Crippen LogP contribution in [0.2, 0.25) is 0 Å². The van der Waals surface area contributed by atoms with E-state index in [1.165, 1.54) is 0 Å². The Morgan fingerprint density at radius 3 is 2.81 bits per heavy atom. The van der Waals surface area contributed by atoms with Crippen molar-refractivity contribution in [3.05, 3.63) is 35.6 Å². The van der Waals surface area contributed by atoms with Crippen LogP contribution in [-0.2, 0) is 29.6 Å². The third kappa shape index (κ3) is 3.36. The van der Waals surface area contributed by atoms with Crippen molar-refractivity contribution in [3.8, 4) is 0 Å². The molecule has 0 aliphatic carbocycles. The van der Waals surface area contributed by atoms with Gasteiger partial charge in [0, 0.05) is 39.3 Å². The number of rotatable bonds is 5. The molecule has 1 aliphatic rings. The number of hydrogen-bond acceptors (Lipinski definition) is 5. The molecule has 26 heavy (non-hydrogen) atoms. The second-order valence-electron chi connectivity index (χ2n) is 6.68. The lowest BCUT2D eigenvalue weighted by atomic mass is 9.87. The summed E-state index contributed by atoms with van der Waals surface area (Å²) in [6.07, 6.45) is 5.08. The molecule has 3 rings (SSSR count). The van der Waals surface area contributed by atoms with Gasteiger partial charge in [-0.1, -0.05) is 6.92 Å². The molecule has 2 aromatic heterocycles. The molecule has 3 heterocycles. The Kier molecular flexibility index (Phi) is 5.11. The first-order valence-corrected chi connectivity index (χ1v) is 8.88. The molecule has 2 atom stereocenters. The van der Waals surface area contributed by atoms with Crippen molar-refractivity contribution in [1.29, 1.82) is 0 Å². The summed E-state index contributed by atoms with van der Waals surface area (Å²) in [5, 5.41) is 2.95. The summed E-state index contributed by atoms with van der Waals surface area (Å²) in [5.74, 6) is 1.62. The highest BCUT2D eigenvalue weighted by Gasteiger charge is 2.40. The largest absolute Gasteiger partial charge is 0.444 e. The van der Waals surface area contributed by atoms with Crippen molar-refractivity contribution in [2.45, 2.75) is 45.7 Å². The Labute approximate surface area is 152 Å². The van der Waals surface area contributed by atoms with Crippen LogP contribution >= 0.6 is 0 Å². The van der Waals surface area contributed by atoms with Crippen LogP contribution < -0.4 is 5.32 Å². The SMILES string of the molecule is CCc1nc(C)c(CNC(=O)[C@H]2CCC(=O)N(C)[C@@H]2c2nccn2C)o1. The number of nitrogens with zero attached hydrogens (tertiary/aromatic N) is 4. The minimum absolute atomic E-state index is 0.0284. The van der Waals surface area contributed by atoms with E-state index >= 15 is 0 Å². The van der Waals surface area contributed by atoms with Crippen LogP contribution in [0.25, 0.3) is 0 Å². The number of oxazole rings is 1. The van der Waals surface area contributed by atoms with Crippen molar-refractivity contribution >= 4 is 11.8 Å². The standard InChI is InChI=1S/C18H25N5O3/c1-5-14-21-11(2)13(26-14)10-20-18(25)12-6-7-15(24)23(4)16(12)17-19-8-9-22(17)3/h8-9,12,16H,5-7,10H2,1-4H3,(H,20,25)/t12-,16-/m0/s1. The topological polar surface area (TPSA) is 93.3 Å². The highest BCUT2D eigenvalue weighted by Crippen LogP contribution is 2.35. The van der Waals surface area contributed by atoms with E-state index in [-0.39, 0.29) is 23.8 Å². The van der Waals surface area contributed by atoms with Gasteiger partial charge in [0.25, 0.3) is 0 Å². The van der Waals surface area contributed by atoms with Gasteiger partial charge in [0.05, 0.1) is 18.2 Å². The number of amides is 2. The zero-order valence-corrected chi connectivity index (χ0v) is 15.7. The molecule has 0 aromatic carbocycles. The monoisotopic (exact) mass is 359 g/mol. The van der Waals surface area contributed by atoms with E-state index < -0.39 is 0 Å². The maximum absolute atomic E-state index is 12.9. The second kappa shape index (κ2) is 7.31. The van der Waals surface area contributed by atoms with E-state index in [1.807, 2.05) is 31.7 Å². The molecule has 140 valence electrons. The van der Waals surface area contributed by atoms with Crippen LogP contribution in [0.4, 0.5) is 0 Å². The van der Waals surface area contributed by atoms with Crippen molar-refractivity contribution in [3.63, 3.8) is 0 Å². The van der Waals surface area contributed by atoms with E-state index in [2.05, 4.69) is 15.3 Å². The molecule has 8 heteroatoms. The first-order valence-electron chi connectivity index (χ1n) is 8.88. The molecule has 0 unspecified atom stereocenters. The molecule has 2 aromatic rings. The van der Waals surface area contributed by atoms with Gasteiger partial charge in [-0.05, 0) is 13.3 Å². The molecular formula is C18H25N5O3. The highest BCUT2D eigenvalue weighted by atomic mass is 16.4. The van der Waals surface area contributed by atoms with E-state index in [0.717, 1.165) is 5.69 Å². The van der Waals surface area contributed by atoms with E-state index in [9.17, 15) is 9.59 Å². The molecule has 1 fully saturated rings. The number of aryl methyl sites for hydroxylation is 3. The fourth-order valence-electron chi connectivity index (χ4n) is 3.43. The highest BCUT2D eigenvalue weighted by molar-refractivity contribution is 5.84. The van der Waals surface area contributed by atoms with Crippen molar-refractivity contribution in [2.24, 2.45) is 13.0 Å². The lowest BCUT2D eigenvalue weighted by molar-refractivity contribution is -0.142. The predicted octanol–water partition coefficient (Wildman–Crippen LogP) is 1.50. The molecule has 0 bridgehead atoms. The lowest BCUT2D eigenvalue weighted by Gasteiger charge is -2.37. The smallest absolute Gasteiger partial charge is 0.226 e. The number of nitrogens with one attached hydrogen (secondary N) is 1. The van der Waals surface area contributed by atoms with Crippen LogP contribution in [-0.4, -0.2) is 38.3 Å². The van der Waals surface area contributed by atoms with Gasteiger partial charge in [0.1, 0.15) is 17.6 Å². The van der Waals surface area contributed by atoms with Crippen LogP contribution in [0.3, 0.4) is 0 Å². The second-order valence-corrected chi connectivity index (χ2v) is 6.68. The van der Waals surface area contributed by atoms with E-state index in [0.29, 0.717) is 43.3 Å². The summed E-state index contributed by atoms with van der Waals surface area (Å²) in [4.78, 5) is 35.4. The van der Waals surface area contributed by atoms with Crippen LogP contribution in [0.5, 0.6) is 0 Å². The number of likely N-dealkylation sites (tertiary alicyclic amines) is 1. The Balaban J connectivity index is 1.76. The Morgan fingerprint density at radius 1 is 1.42 bits per heavy atom. The molecule has 0 spiro atoms. The summed E-state index contributed by atoms with van der Waals surface area (Å²) in [6.45, 7) is 4.13. The van der Waals surface area contributed by atoms with Gasteiger partial charge < -0.3 is 19.2 Å². The minimum atomic E-state index is -0.377. The molecule has 1 N–H and O–H groups in total. The summed E-state index contributed by atoms with van der Waals surface area (Å²) in [5.41, 5.74) is 0.791. The molecule has 0 saturated carbocycles. The van der Waals surface area contributed by atoms with Gasteiger partial charge in [-0.25, -0.2) is 9.97 Å². The van der Waals surface area contributed by atoms with Gasteiger partial charge in [-0.15, -0.1) is 0 Å². The van der Waals surface area contributed by atoms with E-state index in [1.54, 1.807) is 18.1 Å². The fourth-order valence-corrected chi connectivity index (χ4v) is 3.43. The maximum Gasteiger partial charge on any atom is 0.226 e. The van der Waals surface area contributed by atoms with Gasteiger partial charge in [0.15, 0.2) is 5.89 Å². The van der Waals surface area contributed by atoms with Crippen LogP contribution in [0.15, 0.2) is 16.8 Å². The zero-order valence-electron chi connectivity index (χ0n) is 15.7. The van der Waals surface area contributed by atoms with Crippen molar-refractivity contribution in [2.75, 3.05) is 7.05 Å². The third-order valence-electron chi connectivity index (χ3n) is 4.98. The average Bonchev–Trinajstić information content (AvgIpc) is 3.20. The fraction of sp³-hybridized carbons (Fsp3) is 0.556. The molecule has 0 radical (unpaired) electrons. The Bertz CT molecular complexity index is 810. The Morgan fingerprint density at radius 2 is 2.19 bits per heavy atom. The normalized spacial score (nSPS) is 20.5. The molecule has 1 aliphatic heterocycles. The quantitative estimate of drug-likeness (QED) is 0.873. The number of aromatic nitrogens is 3. The summed E-state index contributed by atoms with van der Waals surface area (Å²) >= 11 is 0. The summed E-state index contributed by atoms with van der Waals surface area (Å²) in [7, 11) is 3.60. The van der Waals surface area contributed by atoms with Gasteiger partial charge >= 0.3 is 0 Å². The number of carbonyl (C=O) groups is 2. The zero-order chi connectivity index (χ0) is 18.8. The molecule has 1 saturated heterocycles. The van der Waals surface area contributed by atoms with Gasteiger partial charge in [-0.2, -0.15) is 0 Å². The van der Waals surface area contributed by atoms with Gasteiger partial charge in [-0.3, -0.25) is 9.59 Å². The number of hydrogen-bond donors (Lipinski definition) is 1. The third-order valence-corrected chi connectivity index (χ3v) is 4.98. The Hall–Kier alpha value is -2.64. The molecular weight excluding hydrogens is 334 g/mol. The first kappa shape index (κ1) is 18.2. The first-order chi connectivity index (χ1) is 12.4. The van der Waals surface area contributed by atoms with Crippen molar-refractivity contribution in [1.82, 2.24) is 24.8 Å². The summed E-state index contributed by atoms with van der Waals surface area (Å²) < 4.78 is 7.51. The predicted molar refractivity (Wildman–Crippen MR) is 93.9 cm³/mol. The molecule has 8 nitrogen and oxygen atoms in total. The van der Waals surface area contributed by atoms with Crippen LogP contribution in [0, 0.1) is 12.8 Å². The molecule has 2 amide bonds.